The first kappa shape index (κ1) is 11.1. The van der Waals surface area contributed by atoms with Gasteiger partial charge in [-0.25, -0.2) is 9.37 Å². The van der Waals surface area contributed by atoms with E-state index in [-0.39, 0.29) is 5.82 Å². The van der Waals surface area contributed by atoms with Crippen molar-refractivity contribution in [1.82, 2.24) is 4.98 Å². The number of hydrogen-bond donors (Lipinski definition) is 0. The predicted octanol–water partition coefficient (Wildman–Crippen LogP) is 4.08. The van der Waals surface area contributed by atoms with E-state index in [1.165, 1.54) is 12.1 Å². The highest BCUT2D eigenvalue weighted by atomic mass is 79.9. The van der Waals surface area contributed by atoms with Crippen molar-refractivity contribution in [2.24, 2.45) is 0 Å². The van der Waals surface area contributed by atoms with Gasteiger partial charge in [0.05, 0.1) is 4.47 Å². The molecule has 0 fully saturated rings. The Balaban J connectivity index is 2.30. The molecule has 0 aliphatic rings. The molecule has 2 rings (SSSR count). The van der Waals surface area contributed by atoms with E-state index >= 15 is 0 Å². The molecule has 2 aromatic rings. The Hall–Kier alpha value is -1.42. The summed E-state index contributed by atoms with van der Waals surface area (Å²) in [5.41, 5.74) is 1.04. The number of benzene rings is 1. The lowest BCUT2D eigenvalue weighted by Gasteiger charge is -2.07. The van der Waals surface area contributed by atoms with Gasteiger partial charge < -0.3 is 4.74 Å². The molecular weight excluding hydrogens is 273 g/mol. The van der Waals surface area contributed by atoms with Crippen LogP contribution >= 0.6 is 15.9 Å². The summed E-state index contributed by atoms with van der Waals surface area (Å²) in [7, 11) is 0. The van der Waals surface area contributed by atoms with E-state index in [1.54, 1.807) is 18.3 Å². The minimum atomic E-state index is -0.342. The molecule has 0 spiro atoms. The molecule has 2 nitrogen and oxygen atoms in total. The summed E-state index contributed by atoms with van der Waals surface area (Å²) in [6, 6.07) is 7.93. The first-order chi connectivity index (χ1) is 7.65. The minimum Gasteiger partial charge on any atom is -0.438 e. The molecule has 0 aliphatic heterocycles. The summed E-state index contributed by atoms with van der Waals surface area (Å²) < 4.78 is 19.2. The smallest absolute Gasteiger partial charge is 0.219 e. The number of nitrogens with zero attached hydrogens (tertiary/aromatic N) is 1. The van der Waals surface area contributed by atoms with E-state index in [4.69, 9.17) is 4.74 Å². The van der Waals surface area contributed by atoms with Gasteiger partial charge in [-0.1, -0.05) is 0 Å². The zero-order valence-corrected chi connectivity index (χ0v) is 10.2. The molecular formula is C12H9BrFNO. The zero-order valence-electron chi connectivity index (χ0n) is 8.58. The molecule has 0 unspecified atom stereocenters. The van der Waals surface area contributed by atoms with E-state index in [1.807, 2.05) is 13.0 Å². The van der Waals surface area contributed by atoms with Gasteiger partial charge in [0, 0.05) is 18.3 Å². The number of halogens is 2. The van der Waals surface area contributed by atoms with Crippen molar-refractivity contribution < 1.29 is 9.13 Å². The summed E-state index contributed by atoms with van der Waals surface area (Å²) in [5, 5.41) is 0. The SMILES string of the molecule is Cc1ccnc(Oc2cc(F)ccc2Br)c1. The van der Waals surface area contributed by atoms with E-state index < -0.39 is 0 Å². The van der Waals surface area contributed by atoms with Crippen LogP contribution in [-0.2, 0) is 0 Å². The van der Waals surface area contributed by atoms with Gasteiger partial charge in [0.1, 0.15) is 11.6 Å². The number of rotatable bonds is 2. The normalized spacial score (nSPS) is 10.2. The van der Waals surface area contributed by atoms with Crippen molar-refractivity contribution in [2.75, 3.05) is 0 Å². The van der Waals surface area contributed by atoms with E-state index in [9.17, 15) is 4.39 Å². The van der Waals surface area contributed by atoms with Gasteiger partial charge in [-0.05, 0) is 46.6 Å². The second-order valence-electron chi connectivity index (χ2n) is 3.35. The van der Waals surface area contributed by atoms with Crippen molar-refractivity contribution in [3.05, 3.63) is 52.4 Å². The van der Waals surface area contributed by atoms with E-state index in [2.05, 4.69) is 20.9 Å². The second kappa shape index (κ2) is 4.61. The molecule has 1 aromatic carbocycles. The predicted molar refractivity (Wildman–Crippen MR) is 63.1 cm³/mol. The van der Waals surface area contributed by atoms with Gasteiger partial charge in [-0.15, -0.1) is 0 Å². The van der Waals surface area contributed by atoms with Crippen LogP contribution in [0.25, 0.3) is 0 Å². The number of aryl methyl sites for hydroxylation is 1. The molecule has 0 saturated heterocycles. The third-order valence-electron chi connectivity index (χ3n) is 2.00. The highest BCUT2D eigenvalue weighted by Crippen LogP contribution is 2.29. The maximum absolute atomic E-state index is 13.0. The van der Waals surface area contributed by atoms with Crippen LogP contribution < -0.4 is 4.74 Å². The molecule has 0 radical (unpaired) electrons. The molecule has 0 aliphatic carbocycles. The fourth-order valence-corrected chi connectivity index (χ4v) is 1.56. The molecule has 0 N–H and O–H groups in total. The van der Waals surface area contributed by atoms with Gasteiger partial charge in [0.2, 0.25) is 5.88 Å². The molecule has 82 valence electrons. The molecule has 0 amide bonds. The van der Waals surface area contributed by atoms with Crippen molar-refractivity contribution in [1.29, 1.82) is 0 Å². The van der Waals surface area contributed by atoms with Crippen LogP contribution in [0, 0.1) is 12.7 Å². The highest BCUT2D eigenvalue weighted by Gasteiger charge is 2.05. The van der Waals surface area contributed by atoms with Gasteiger partial charge in [0.25, 0.3) is 0 Å². The molecule has 16 heavy (non-hydrogen) atoms. The number of aromatic nitrogens is 1. The van der Waals surface area contributed by atoms with Crippen molar-refractivity contribution in [3.8, 4) is 11.6 Å². The molecule has 0 bridgehead atoms. The Morgan fingerprint density at radius 2 is 2.06 bits per heavy atom. The maximum Gasteiger partial charge on any atom is 0.219 e. The lowest BCUT2D eigenvalue weighted by molar-refractivity contribution is 0.455. The van der Waals surface area contributed by atoms with Gasteiger partial charge in [-0.2, -0.15) is 0 Å². The first-order valence-electron chi connectivity index (χ1n) is 4.71. The quantitative estimate of drug-likeness (QED) is 0.827. The van der Waals surface area contributed by atoms with Crippen LogP contribution in [0.4, 0.5) is 4.39 Å². The Bertz CT molecular complexity index is 516. The van der Waals surface area contributed by atoms with Crippen LogP contribution in [0.5, 0.6) is 11.6 Å². The standard InChI is InChI=1S/C12H9BrFNO/c1-8-4-5-15-12(6-8)16-11-7-9(14)2-3-10(11)13/h2-7H,1H3. The molecule has 0 saturated carbocycles. The van der Waals surface area contributed by atoms with Crippen molar-refractivity contribution >= 4 is 15.9 Å². The summed E-state index contributed by atoms with van der Waals surface area (Å²) >= 11 is 3.29. The third kappa shape index (κ3) is 2.58. The number of pyridine rings is 1. The van der Waals surface area contributed by atoms with Crippen molar-refractivity contribution in [2.45, 2.75) is 6.92 Å². The lowest BCUT2D eigenvalue weighted by atomic mass is 10.3. The Morgan fingerprint density at radius 1 is 1.25 bits per heavy atom. The second-order valence-corrected chi connectivity index (χ2v) is 4.20. The van der Waals surface area contributed by atoms with Gasteiger partial charge in [0.15, 0.2) is 0 Å². The lowest BCUT2D eigenvalue weighted by Crippen LogP contribution is -1.90. The number of hydrogen-bond acceptors (Lipinski definition) is 2. The average molecular weight is 282 g/mol. The third-order valence-corrected chi connectivity index (χ3v) is 2.65. The minimum absolute atomic E-state index is 0.342. The van der Waals surface area contributed by atoms with Crippen LogP contribution in [0.3, 0.4) is 0 Å². The van der Waals surface area contributed by atoms with Crippen LogP contribution in [0.1, 0.15) is 5.56 Å². The average Bonchev–Trinajstić information content (AvgIpc) is 2.24. The fourth-order valence-electron chi connectivity index (χ4n) is 1.23. The van der Waals surface area contributed by atoms with Crippen LogP contribution in [0.15, 0.2) is 41.0 Å². The van der Waals surface area contributed by atoms with Crippen LogP contribution in [-0.4, -0.2) is 4.98 Å². The Kier molecular flexibility index (Phi) is 3.19. The van der Waals surface area contributed by atoms with Crippen molar-refractivity contribution in [3.63, 3.8) is 0 Å². The largest absolute Gasteiger partial charge is 0.438 e. The molecule has 1 heterocycles. The highest BCUT2D eigenvalue weighted by molar-refractivity contribution is 9.10. The topological polar surface area (TPSA) is 22.1 Å². The van der Waals surface area contributed by atoms with Gasteiger partial charge in [-0.3, -0.25) is 0 Å². The fraction of sp³-hybridized carbons (Fsp3) is 0.0833. The molecule has 0 atom stereocenters. The first-order valence-corrected chi connectivity index (χ1v) is 5.50. The summed E-state index contributed by atoms with van der Waals surface area (Å²) in [6.07, 6.45) is 1.65. The monoisotopic (exact) mass is 281 g/mol. The molecule has 1 aromatic heterocycles. The maximum atomic E-state index is 13.0. The summed E-state index contributed by atoms with van der Waals surface area (Å²) in [6.45, 7) is 1.94. The van der Waals surface area contributed by atoms with E-state index in [0.29, 0.717) is 16.1 Å². The summed E-state index contributed by atoms with van der Waals surface area (Å²) in [4.78, 5) is 4.04. The van der Waals surface area contributed by atoms with Gasteiger partial charge >= 0.3 is 0 Å². The van der Waals surface area contributed by atoms with E-state index in [0.717, 1.165) is 5.56 Å². The molecule has 4 heteroatoms. The van der Waals surface area contributed by atoms with Crippen LogP contribution in [0.2, 0.25) is 0 Å². The Morgan fingerprint density at radius 3 is 2.81 bits per heavy atom. The summed E-state index contributed by atoms with van der Waals surface area (Å²) in [5.74, 6) is 0.523. The Labute approximate surface area is 101 Å². The zero-order chi connectivity index (χ0) is 11.5. The number of ether oxygens (including phenoxy) is 1.